The van der Waals surface area contributed by atoms with Gasteiger partial charge in [0.1, 0.15) is 0 Å². The van der Waals surface area contributed by atoms with Crippen LogP contribution in [0.5, 0.6) is 0 Å². The summed E-state index contributed by atoms with van der Waals surface area (Å²) in [6.07, 6.45) is 2.20. The van der Waals surface area contributed by atoms with Gasteiger partial charge in [-0.2, -0.15) is 0 Å². The number of rotatable bonds is 3. The highest BCUT2D eigenvalue weighted by Crippen LogP contribution is 2.25. The summed E-state index contributed by atoms with van der Waals surface area (Å²) < 4.78 is 0. The molecule has 1 aliphatic rings. The average Bonchev–Trinajstić information content (AvgIpc) is 2.58. The fraction of sp³-hybridized carbons (Fsp3) is 0.467. The largest absolute Gasteiger partial charge is 0.327 e. The summed E-state index contributed by atoms with van der Waals surface area (Å²) in [7, 11) is 0. The molecule has 0 radical (unpaired) electrons. The molecule has 0 spiro atoms. The van der Waals surface area contributed by atoms with Crippen molar-refractivity contribution in [1.82, 2.24) is 0 Å². The highest BCUT2D eigenvalue weighted by Gasteiger charge is 2.18. The molecule has 5 nitrogen and oxygen atoms in total. The summed E-state index contributed by atoms with van der Waals surface area (Å²) in [5.74, 6) is -0.280. The molecule has 0 saturated heterocycles. The molecular weight excluding hydrogens is 254 g/mol. The first-order chi connectivity index (χ1) is 9.47. The lowest BCUT2D eigenvalue weighted by Gasteiger charge is -2.16. The Balaban J connectivity index is 2.13. The zero-order chi connectivity index (χ0) is 14.7. The van der Waals surface area contributed by atoms with Gasteiger partial charge in [0, 0.05) is 23.8 Å². The molecule has 1 heterocycles. The number of hydrogen-bond acceptors (Lipinski definition) is 3. The van der Waals surface area contributed by atoms with Gasteiger partial charge in [0.05, 0.1) is 5.92 Å². The van der Waals surface area contributed by atoms with E-state index in [-0.39, 0.29) is 23.8 Å². The van der Waals surface area contributed by atoms with Gasteiger partial charge in [-0.1, -0.05) is 6.92 Å². The maximum absolute atomic E-state index is 12.0. The number of aryl methyl sites for hydroxylation is 1. The van der Waals surface area contributed by atoms with Gasteiger partial charge in [-0.05, 0) is 43.5 Å². The minimum atomic E-state index is -0.242. The number of fused-ring (bicyclic) bond motifs is 1. The monoisotopic (exact) mass is 275 g/mol. The highest BCUT2D eigenvalue weighted by atomic mass is 16.2. The van der Waals surface area contributed by atoms with Crippen LogP contribution < -0.4 is 16.4 Å². The topological polar surface area (TPSA) is 84.2 Å². The van der Waals surface area contributed by atoms with E-state index in [2.05, 4.69) is 10.6 Å². The van der Waals surface area contributed by atoms with E-state index in [1.54, 1.807) is 6.07 Å². The Hall–Kier alpha value is -1.88. The lowest BCUT2D eigenvalue weighted by molar-refractivity contribution is -0.120. The van der Waals surface area contributed by atoms with Gasteiger partial charge in [-0.3, -0.25) is 9.59 Å². The Morgan fingerprint density at radius 3 is 2.80 bits per heavy atom. The zero-order valence-electron chi connectivity index (χ0n) is 11.9. The molecule has 2 atom stereocenters. The van der Waals surface area contributed by atoms with Crippen LogP contribution >= 0.6 is 0 Å². The quantitative estimate of drug-likeness (QED) is 0.787. The van der Waals surface area contributed by atoms with E-state index in [0.29, 0.717) is 6.42 Å². The molecule has 0 aliphatic carbocycles. The van der Waals surface area contributed by atoms with E-state index in [1.165, 1.54) is 0 Å². The minimum Gasteiger partial charge on any atom is -0.327 e. The Morgan fingerprint density at radius 1 is 1.35 bits per heavy atom. The van der Waals surface area contributed by atoms with E-state index in [0.717, 1.165) is 29.8 Å². The van der Waals surface area contributed by atoms with Gasteiger partial charge in [0.25, 0.3) is 0 Å². The van der Waals surface area contributed by atoms with Crippen molar-refractivity contribution < 1.29 is 9.59 Å². The van der Waals surface area contributed by atoms with Crippen LogP contribution in [0, 0.1) is 5.92 Å². The van der Waals surface area contributed by atoms with E-state index < -0.39 is 0 Å². The number of benzene rings is 1. The van der Waals surface area contributed by atoms with Gasteiger partial charge in [0.2, 0.25) is 11.8 Å². The standard InChI is InChI=1S/C15H21N3O2/c1-9(10(2)16)15(20)17-12-6-7-13-11(8-12)4-3-5-14(19)18-13/h6-10H,3-5,16H2,1-2H3,(H,17,20)(H,18,19). The van der Waals surface area contributed by atoms with E-state index in [1.807, 2.05) is 26.0 Å². The third-order valence-electron chi connectivity index (χ3n) is 3.70. The fourth-order valence-corrected chi connectivity index (χ4v) is 2.15. The number of nitrogens with one attached hydrogen (secondary N) is 2. The van der Waals surface area contributed by atoms with E-state index in [4.69, 9.17) is 5.73 Å². The number of carbonyl (C=O) groups is 2. The predicted molar refractivity (Wildman–Crippen MR) is 79.5 cm³/mol. The summed E-state index contributed by atoms with van der Waals surface area (Å²) >= 11 is 0. The zero-order valence-corrected chi connectivity index (χ0v) is 11.9. The second-order valence-corrected chi connectivity index (χ2v) is 5.41. The van der Waals surface area contributed by atoms with Crippen LogP contribution in [0.2, 0.25) is 0 Å². The molecule has 1 aromatic rings. The molecule has 1 aromatic carbocycles. The predicted octanol–water partition coefficient (Wildman–Crippen LogP) is 1.88. The summed E-state index contributed by atoms with van der Waals surface area (Å²) in [6, 6.07) is 5.38. The molecule has 0 aromatic heterocycles. The van der Waals surface area contributed by atoms with Crippen molar-refractivity contribution in [3.63, 3.8) is 0 Å². The summed E-state index contributed by atoms with van der Waals surface area (Å²) in [5, 5.41) is 5.75. The lowest BCUT2D eigenvalue weighted by Crippen LogP contribution is -2.34. The van der Waals surface area contributed by atoms with Crippen molar-refractivity contribution in [3.05, 3.63) is 23.8 Å². The number of anilines is 2. The summed E-state index contributed by atoms with van der Waals surface area (Å²) in [6.45, 7) is 3.63. The molecule has 2 unspecified atom stereocenters. The van der Waals surface area contributed by atoms with Crippen LogP contribution in [-0.4, -0.2) is 17.9 Å². The Bertz CT molecular complexity index is 526. The first-order valence-corrected chi connectivity index (χ1v) is 6.96. The van der Waals surface area contributed by atoms with Crippen molar-refractivity contribution in [1.29, 1.82) is 0 Å². The van der Waals surface area contributed by atoms with Crippen LogP contribution in [-0.2, 0) is 16.0 Å². The van der Waals surface area contributed by atoms with E-state index in [9.17, 15) is 9.59 Å². The first-order valence-electron chi connectivity index (χ1n) is 6.96. The highest BCUT2D eigenvalue weighted by molar-refractivity contribution is 5.95. The Kier molecular flexibility index (Phi) is 4.39. The normalized spacial score (nSPS) is 17.4. The van der Waals surface area contributed by atoms with Crippen molar-refractivity contribution in [2.45, 2.75) is 39.2 Å². The molecule has 5 heteroatoms. The summed E-state index contributed by atoms with van der Waals surface area (Å²) in [5.41, 5.74) is 8.37. The maximum Gasteiger partial charge on any atom is 0.228 e. The molecule has 108 valence electrons. The van der Waals surface area contributed by atoms with Crippen LogP contribution in [0.1, 0.15) is 32.3 Å². The second kappa shape index (κ2) is 6.05. The molecule has 2 rings (SSSR count). The number of amides is 2. The molecular formula is C15H21N3O2. The van der Waals surface area contributed by atoms with Crippen molar-refractivity contribution in [2.75, 3.05) is 10.6 Å². The van der Waals surface area contributed by atoms with E-state index >= 15 is 0 Å². The third kappa shape index (κ3) is 3.36. The Morgan fingerprint density at radius 2 is 2.10 bits per heavy atom. The van der Waals surface area contributed by atoms with Gasteiger partial charge >= 0.3 is 0 Å². The van der Waals surface area contributed by atoms with Gasteiger partial charge in [-0.15, -0.1) is 0 Å². The molecule has 4 N–H and O–H groups in total. The molecule has 20 heavy (non-hydrogen) atoms. The molecule has 1 aliphatic heterocycles. The molecule has 2 amide bonds. The molecule has 0 bridgehead atoms. The van der Waals surface area contributed by atoms with Crippen molar-refractivity contribution >= 4 is 23.2 Å². The van der Waals surface area contributed by atoms with Gasteiger partial charge < -0.3 is 16.4 Å². The number of carbonyl (C=O) groups excluding carboxylic acids is 2. The Labute approximate surface area is 118 Å². The second-order valence-electron chi connectivity index (χ2n) is 5.41. The smallest absolute Gasteiger partial charge is 0.228 e. The molecule has 0 fully saturated rings. The number of hydrogen-bond donors (Lipinski definition) is 3. The van der Waals surface area contributed by atoms with Crippen LogP contribution in [0.25, 0.3) is 0 Å². The van der Waals surface area contributed by atoms with Gasteiger partial charge in [0.15, 0.2) is 0 Å². The van der Waals surface area contributed by atoms with Gasteiger partial charge in [-0.25, -0.2) is 0 Å². The average molecular weight is 275 g/mol. The lowest BCUT2D eigenvalue weighted by atomic mass is 10.0. The maximum atomic E-state index is 12.0. The number of nitrogens with two attached hydrogens (primary N) is 1. The SMILES string of the molecule is CC(N)C(C)C(=O)Nc1ccc2c(c1)CCCC(=O)N2. The van der Waals surface area contributed by atoms with Crippen LogP contribution in [0.4, 0.5) is 11.4 Å². The third-order valence-corrected chi connectivity index (χ3v) is 3.70. The molecule has 0 saturated carbocycles. The van der Waals surface area contributed by atoms with Crippen LogP contribution in [0.3, 0.4) is 0 Å². The first kappa shape index (κ1) is 14.5. The van der Waals surface area contributed by atoms with Crippen LogP contribution in [0.15, 0.2) is 18.2 Å². The summed E-state index contributed by atoms with van der Waals surface area (Å²) in [4.78, 5) is 23.5. The fourth-order valence-electron chi connectivity index (χ4n) is 2.15. The van der Waals surface area contributed by atoms with Crippen molar-refractivity contribution in [2.24, 2.45) is 11.7 Å². The minimum absolute atomic E-state index is 0.0473. The van der Waals surface area contributed by atoms with Crippen molar-refractivity contribution in [3.8, 4) is 0 Å².